The van der Waals surface area contributed by atoms with Crippen LogP contribution in [0.4, 0.5) is 5.69 Å². The molecule has 1 aromatic rings. The molecular formula is C14H19NO4. The van der Waals surface area contributed by atoms with Crippen LogP contribution < -0.4 is 10.1 Å². The SMILES string of the molecule is COc1ccc(C(=O)O)cc1NC1CC(O)C1(C)C. The number of rotatable bonds is 4. The number of anilines is 1. The van der Waals surface area contributed by atoms with Crippen LogP contribution in [-0.4, -0.2) is 35.4 Å². The highest BCUT2D eigenvalue weighted by molar-refractivity contribution is 5.89. The van der Waals surface area contributed by atoms with E-state index in [2.05, 4.69) is 5.32 Å². The molecule has 0 saturated heterocycles. The molecule has 0 aliphatic heterocycles. The maximum atomic E-state index is 11.0. The van der Waals surface area contributed by atoms with Gasteiger partial charge >= 0.3 is 5.97 Å². The molecule has 5 nitrogen and oxygen atoms in total. The Hall–Kier alpha value is -1.75. The molecule has 0 radical (unpaired) electrons. The molecule has 104 valence electrons. The summed E-state index contributed by atoms with van der Waals surface area (Å²) in [5, 5.41) is 22.0. The zero-order valence-electron chi connectivity index (χ0n) is 11.3. The lowest BCUT2D eigenvalue weighted by atomic mass is 9.64. The number of nitrogens with one attached hydrogen (secondary N) is 1. The highest BCUT2D eigenvalue weighted by Crippen LogP contribution is 2.43. The van der Waals surface area contributed by atoms with Crippen LogP contribution in [0, 0.1) is 5.41 Å². The molecule has 2 rings (SSSR count). The van der Waals surface area contributed by atoms with Crippen molar-refractivity contribution in [2.45, 2.75) is 32.4 Å². The number of carboxylic acid groups (broad SMARTS) is 1. The van der Waals surface area contributed by atoms with Crippen LogP contribution in [0.5, 0.6) is 5.75 Å². The van der Waals surface area contributed by atoms with E-state index in [1.54, 1.807) is 19.2 Å². The van der Waals surface area contributed by atoms with Gasteiger partial charge in [-0.3, -0.25) is 0 Å². The number of ether oxygens (including phenoxy) is 1. The van der Waals surface area contributed by atoms with Crippen molar-refractivity contribution in [1.82, 2.24) is 0 Å². The van der Waals surface area contributed by atoms with Gasteiger partial charge in [0.15, 0.2) is 0 Å². The molecule has 0 bridgehead atoms. The predicted octanol–water partition coefficient (Wildman–Crippen LogP) is 1.96. The number of methoxy groups -OCH3 is 1. The number of carboxylic acids is 1. The normalized spacial score (nSPS) is 24.4. The van der Waals surface area contributed by atoms with E-state index < -0.39 is 5.97 Å². The Kier molecular flexibility index (Phi) is 3.41. The maximum Gasteiger partial charge on any atom is 0.335 e. The summed E-state index contributed by atoms with van der Waals surface area (Å²) >= 11 is 0. The van der Waals surface area contributed by atoms with Crippen molar-refractivity contribution < 1.29 is 19.7 Å². The topological polar surface area (TPSA) is 78.8 Å². The maximum absolute atomic E-state index is 11.0. The molecule has 1 fully saturated rings. The quantitative estimate of drug-likeness (QED) is 0.775. The van der Waals surface area contributed by atoms with Gasteiger partial charge in [0.1, 0.15) is 5.75 Å². The van der Waals surface area contributed by atoms with Crippen LogP contribution in [0.25, 0.3) is 0 Å². The van der Waals surface area contributed by atoms with E-state index in [-0.39, 0.29) is 23.1 Å². The van der Waals surface area contributed by atoms with Crippen LogP contribution in [-0.2, 0) is 0 Å². The third-order valence-corrected chi connectivity index (χ3v) is 3.99. The molecule has 19 heavy (non-hydrogen) atoms. The van der Waals surface area contributed by atoms with Crippen molar-refractivity contribution in [3.8, 4) is 5.75 Å². The van der Waals surface area contributed by atoms with E-state index in [4.69, 9.17) is 9.84 Å². The highest BCUT2D eigenvalue weighted by atomic mass is 16.5. The molecule has 0 heterocycles. The Morgan fingerprint density at radius 2 is 2.16 bits per heavy atom. The highest BCUT2D eigenvalue weighted by Gasteiger charge is 2.47. The number of hydrogen-bond acceptors (Lipinski definition) is 4. The molecule has 1 aromatic carbocycles. The second-order valence-corrected chi connectivity index (χ2v) is 5.49. The lowest BCUT2D eigenvalue weighted by Gasteiger charge is -2.50. The number of carbonyl (C=O) groups is 1. The molecule has 1 aliphatic carbocycles. The first-order chi connectivity index (χ1) is 8.86. The van der Waals surface area contributed by atoms with Gasteiger partial charge in [0, 0.05) is 11.5 Å². The van der Waals surface area contributed by atoms with E-state index in [9.17, 15) is 9.90 Å². The molecule has 3 N–H and O–H groups in total. The second kappa shape index (κ2) is 4.74. The van der Waals surface area contributed by atoms with Gasteiger partial charge in [-0.25, -0.2) is 4.79 Å². The van der Waals surface area contributed by atoms with E-state index >= 15 is 0 Å². The number of aliphatic hydroxyl groups is 1. The van der Waals surface area contributed by atoms with Crippen LogP contribution in [0.3, 0.4) is 0 Å². The fourth-order valence-electron chi connectivity index (χ4n) is 2.29. The minimum Gasteiger partial charge on any atom is -0.495 e. The molecule has 0 amide bonds. The summed E-state index contributed by atoms with van der Waals surface area (Å²) in [7, 11) is 1.54. The minimum atomic E-state index is -0.974. The third-order valence-electron chi connectivity index (χ3n) is 3.99. The van der Waals surface area contributed by atoms with Gasteiger partial charge in [0.2, 0.25) is 0 Å². The predicted molar refractivity (Wildman–Crippen MR) is 71.8 cm³/mol. The summed E-state index contributed by atoms with van der Waals surface area (Å²) in [6, 6.07) is 4.79. The molecule has 0 spiro atoms. The molecule has 2 unspecified atom stereocenters. The Morgan fingerprint density at radius 1 is 1.47 bits per heavy atom. The standard InChI is InChI=1S/C14H19NO4/c1-14(2)11(7-12(14)16)15-9-6-8(13(17)18)4-5-10(9)19-3/h4-6,11-12,15-16H,7H2,1-3H3,(H,17,18). The number of hydrogen-bond donors (Lipinski definition) is 3. The molecule has 1 aliphatic rings. The Labute approximate surface area is 112 Å². The number of benzene rings is 1. The average molecular weight is 265 g/mol. The van der Waals surface area contributed by atoms with Gasteiger partial charge in [0.05, 0.1) is 24.5 Å². The van der Waals surface area contributed by atoms with Crippen LogP contribution in [0.15, 0.2) is 18.2 Å². The van der Waals surface area contributed by atoms with Gasteiger partial charge in [-0.1, -0.05) is 13.8 Å². The average Bonchev–Trinajstić information content (AvgIpc) is 2.38. The summed E-state index contributed by atoms with van der Waals surface area (Å²) in [5.41, 5.74) is 0.623. The summed E-state index contributed by atoms with van der Waals surface area (Å²) in [5.74, 6) is -0.374. The monoisotopic (exact) mass is 265 g/mol. The summed E-state index contributed by atoms with van der Waals surface area (Å²) in [6.45, 7) is 3.96. The zero-order chi connectivity index (χ0) is 14.2. The summed E-state index contributed by atoms with van der Waals surface area (Å²) < 4.78 is 5.23. The molecule has 1 saturated carbocycles. The third kappa shape index (κ3) is 2.38. The van der Waals surface area contributed by atoms with E-state index in [0.29, 0.717) is 17.9 Å². The van der Waals surface area contributed by atoms with E-state index in [1.807, 2.05) is 13.8 Å². The van der Waals surface area contributed by atoms with E-state index in [1.165, 1.54) is 6.07 Å². The van der Waals surface area contributed by atoms with Gasteiger partial charge < -0.3 is 20.3 Å². The molecule has 2 atom stereocenters. The van der Waals surface area contributed by atoms with Crippen LogP contribution in [0.1, 0.15) is 30.6 Å². The summed E-state index contributed by atoms with van der Waals surface area (Å²) in [6.07, 6.45) is 0.312. The van der Waals surface area contributed by atoms with Gasteiger partial charge in [-0.05, 0) is 24.6 Å². The Bertz CT molecular complexity index is 498. The van der Waals surface area contributed by atoms with Crippen molar-refractivity contribution in [3.63, 3.8) is 0 Å². The van der Waals surface area contributed by atoms with Crippen molar-refractivity contribution >= 4 is 11.7 Å². The number of aliphatic hydroxyl groups excluding tert-OH is 1. The smallest absolute Gasteiger partial charge is 0.335 e. The molecular weight excluding hydrogens is 246 g/mol. The van der Waals surface area contributed by atoms with Crippen LogP contribution >= 0.6 is 0 Å². The number of aromatic carboxylic acids is 1. The van der Waals surface area contributed by atoms with Crippen molar-refractivity contribution in [1.29, 1.82) is 0 Å². The molecule has 5 heteroatoms. The first kappa shape index (κ1) is 13.7. The van der Waals surface area contributed by atoms with Gasteiger partial charge in [-0.2, -0.15) is 0 Å². The first-order valence-corrected chi connectivity index (χ1v) is 6.22. The van der Waals surface area contributed by atoms with Crippen molar-refractivity contribution in [3.05, 3.63) is 23.8 Å². The van der Waals surface area contributed by atoms with Gasteiger partial charge in [-0.15, -0.1) is 0 Å². The van der Waals surface area contributed by atoms with Crippen molar-refractivity contribution in [2.75, 3.05) is 12.4 Å². The van der Waals surface area contributed by atoms with E-state index in [0.717, 1.165) is 0 Å². The van der Waals surface area contributed by atoms with Gasteiger partial charge in [0.25, 0.3) is 0 Å². The summed E-state index contributed by atoms with van der Waals surface area (Å²) in [4.78, 5) is 11.0. The second-order valence-electron chi connectivity index (χ2n) is 5.49. The Balaban J connectivity index is 2.24. The van der Waals surface area contributed by atoms with Crippen molar-refractivity contribution in [2.24, 2.45) is 5.41 Å². The fourth-order valence-corrected chi connectivity index (χ4v) is 2.29. The molecule has 0 aromatic heterocycles. The Morgan fingerprint density at radius 3 is 2.63 bits per heavy atom. The lowest BCUT2D eigenvalue weighted by molar-refractivity contribution is -0.0511. The van der Waals surface area contributed by atoms with Crippen LogP contribution in [0.2, 0.25) is 0 Å². The first-order valence-electron chi connectivity index (χ1n) is 6.22. The fraction of sp³-hybridized carbons (Fsp3) is 0.500. The largest absolute Gasteiger partial charge is 0.495 e. The lowest BCUT2D eigenvalue weighted by Crippen LogP contribution is -2.56. The minimum absolute atomic E-state index is 0.0976. The zero-order valence-corrected chi connectivity index (χ0v) is 11.3.